The molecule has 3 rings (SSSR count). The van der Waals surface area contributed by atoms with Crippen LogP contribution in [0.1, 0.15) is 52.9 Å². The smallest absolute Gasteiger partial charge is 0.361 e. The molecule has 1 atom stereocenters. The molecule has 0 saturated carbocycles. The third-order valence-corrected chi connectivity index (χ3v) is 4.88. The van der Waals surface area contributed by atoms with E-state index in [-0.39, 0.29) is 35.1 Å². The number of fused-ring (bicyclic) bond motifs is 1. The molecule has 158 valence electrons. The molecule has 0 unspecified atom stereocenters. The van der Waals surface area contributed by atoms with E-state index < -0.39 is 17.6 Å². The average molecular weight is 412 g/mol. The van der Waals surface area contributed by atoms with Gasteiger partial charge in [-0.05, 0) is 52.7 Å². The third kappa shape index (κ3) is 3.70. The zero-order chi connectivity index (χ0) is 22.2. The zero-order valence-electron chi connectivity index (χ0n) is 17.8. The van der Waals surface area contributed by atoms with Crippen LogP contribution in [0.15, 0.2) is 21.5 Å². The fourth-order valence-electron chi connectivity index (χ4n) is 3.54. The van der Waals surface area contributed by atoms with Gasteiger partial charge in [-0.3, -0.25) is 14.2 Å². The average Bonchev–Trinajstić information content (AvgIpc) is 3.08. The van der Waals surface area contributed by atoms with Gasteiger partial charge in [0.1, 0.15) is 17.3 Å². The first-order chi connectivity index (χ1) is 14.1. The number of anilines is 1. The Labute approximate surface area is 173 Å². The van der Waals surface area contributed by atoms with Crippen molar-refractivity contribution in [2.75, 3.05) is 11.9 Å². The molecule has 1 N–H and O–H groups in total. The van der Waals surface area contributed by atoms with Gasteiger partial charge < -0.3 is 14.6 Å². The maximum absolute atomic E-state index is 13.2. The van der Waals surface area contributed by atoms with Crippen molar-refractivity contribution in [3.63, 3.8) is 0 Å². The Morgan fingerprint density at radius 1 is 1.20 bits per heavy atom. The normalized spacial score (nSPS) is 12.1. The molecule has 2 heterocycles. The summed E-state index contributed by atoms with van der Waals surface area (Å²) in [6, 6.07) is 3.06. The number of carbonyl (C=O) groups excluding carboxylic acids is 2. The lowest BCUT2D eigenvalue weighted by atomic mass is 10.0. The number of benzene rings is 1. The quantitative estimate of drug-likeness (QED) is 0.640. The van der Waals surface area contributed by atoms with E-state index in [0.29, 0.717) is 5.69 Å². The third-order valence-electron chi connectivity index (χ3n) is 4.88. The number of ether oxygens (including phenoxy) is 1. The van der Waals surface area contributed by atoms with Crippen LogP contribution in [-0.2, 0) is 9.53 Å². The van der Waals surface area contributed by atoms with Gasteiger partial charge in [-0.1, -0.05) is 22.9 Å². The summed E-state index contributed by atoms with van der Waals surface area (Å²) >= 11 is 0. The molecule has 0 bridgehead atoms. The number of amides is 1. The highest BCUT2D eigenvalue weighted by Crippen LogP contribution is 2.23. The first-order valence-corrected chi connectivity index (χ1v) is 9.60. The maximum atomic E-state index is 13.2. The number of nitrogens with zero attached hydrogens (tertiary/aromatic N) is 3. The Balaban J connectivity index is 2.03. The van der Waals surface area contributed by atoms with Crippen LogP contribution in [0.4, 0.5) is 5.69 Å². The van der Waals surface area contributed by atoms with E-state index >= 15 is 0 Å². The Hall–Kier alpha value is -3.49. The SMILES string of the molecule is CCOC(=O)c1noc2nc(C)n([C@H](C)C(=O)Nc3c(C)cc(C)cc3C)c(=O)c12. The van der Waals surface area contributed by atoms with Gasteiger partial charge in [0.2, 0.25) is 11.6 Å². The van der Waals surface area contributed by atoms with Gasteiger partial charge >= 0.3 is 5.97 Å². The molecule has 0 spiro atoms. The molecule has 0 radical (unpaired) electrons. The fraction of sp³-hybridized carbons (Fsp3) is 0.381. The predicted molar refractivity (Wildman–Crippen MR) is 111 cm³/mol. The van der Waals surface area contributed by atoms with E-state index in [1.54, 1.807) is 20.8 Å². The van der Waals surface area contributed by atoms with E-state index in [0.717, 1.165) is 16.7 Å². The second-order valence-corrected chi connectivity index (χ2v) is 7.20. The number of nitrogens with one attached hydrogen (secondary N) is 1. The molecule has 0 aliphatic heterocycles. The van der Waals surface area contributed by atoms with Crippen LogP contribution < -0.4 is 10.9 Å². The van der Waals surface area contributed by atoms with Crippen molar-refractivity contribution in [2.45, 2.75) is 47.6 Å². The number of rotatable bonds is 5. The number of hydrogen-bond acceptors (Lipinski definition) is 7. The molecular formula is C21H24N4O5. The van der Waals surface area contributed by atoms with Gasteiger partial charge in [-0.25, -0.2) is 4.79 Å². The molecule has 0 saturated heterocycles. The van der Waals surface area contributed by atoms with Gasteiger partial charge in [0.25, 0.3) is 11.3 Å². The molecule has 1 amide bonds. The van der Waals surface area contributed by atoms with Crippen molar-refractivity contribution in [3.8, 4) is 0 Å². The molecule has 2 aromatic heterocycles. The van der Waals surface area contributed by atoms with E-state index in [2.05, 4.69) is 15.5 Å². The molecule has 1 aromatic carbocycles. The molecule has 9 heteroatoms. The monoisotopic (exact) mass is 412 g/mol. The maximum Gasteiger partial charge on any atom is 0.361 e. The minimum absolute atomic E-state index is 0.0744. The van der Waals surface area contributed by atoms with Gasteiger partial charge in [0.15, 0.2) is 0 Å². The van der Waals surface area contributed by atoms with Crippen LogP contribution >= 0.6 is 0 Å². The molecule has 9 nitrogen and oxygen atoms in total. The standard InChI is InChI=1S/C21H24N4O5/c1-7-29-21(28)17-15-19(30-24-17)22-14(6)25(20(15)27)13(5)18(26)23-16-11(3)8-10(2)9-12(16)4/h8-9,13H,7H2,1-6H3,(H,23,26)/t13-/m1/s1. The topological polar surface area (TPSA) is 116 Å². The number of esters is 1. The minimum atomic E-state index is -0.889. The molecule has 30 heavy (non-hydrogen) atoms. The lowest BCUT2D eigenvalue weighted by Gasteiger charge is -2.19. The first kappa shape index (κ1) is 21.2. The number of hydrogen-bond donors (Lipinski definition) is 1. The van der Waals surface area contributed by atoms with Crippen LogP contribution in [0, 0.1) is 27.7 Å². The van der Waals surface area contributed by atoms with Crippen molar-refractivity contribution in [2.24, 2.45) is 0 Å². The zero-order valence-corrected chi connectivity index (χ0v) is 17.8. The van der Waals surface area contributed by atoms with E-state index in [9.17, 15) is 14.4 Å². The summed E-state index contributed by atoms with van der Waals surface area (Å²) in [7, 11) is 0. The first-order valence-electron chi connectivity index (χ1n) is 9.60. The Bertz CT molecular complexity index is 1190. The van der Waals surface area contributed by atoms with Gasteiger partial charge in [0, 0.05) is 5.69 Å². The lowest BCUT2D eigenvalue weighted by molar-refractivity contribution is -0.118. The second-order valence-electron chi connectivity index (χ2n) is 7.20. The lowest BCUT2D eigenvalue weighted by Crippen LogP contribution is -2.34. The van der Waals surface area contributed by atoms with Crippen LogP contribution in [-0.4, -0.2) is 33.2 Å². The fourth-order valence-corrected chi connectivity index (χ4v) is 3.54. The highest BCUT2D eigenvalue weighted by molar-refractivity contribution is 6.00. The summed E-state index contributed by atoms with van der Waals surface area (Å²) in [6.45, 7) is 10.7. The molecule has 3 aromatic rings. The highest BCUT2D eigenvalue weighted by atomic mass is 16.5. The van der Waals surface area contributed by atoms with Gasteiger partial charge in [-0.15, -0.1) is 0 Å². The molecule has 0 aliphatic carbocycles. The summed E-state index contributed by atoms with van der Waals surface area (Å²) in [5, 5.41) is 6.43. The number of carbonyl (C=O) groups is 2. The van der Waals surface area contributed by atoms with Crippen LogP contribution in [0.5, 0.6) is 0 Å². The van der Waals surface area contributed by atoms with Crippen molar-refractivity contribution < 1.29 is 18.8 Å². The van der Waals surface area contributed by atoms with Crippen LogP contribution in [0.25, 0.3) is 11.1 Å². The summed E-state index contributed by atoms with van der Waals surface area (Å²) < 4.78 is 11.2. The van der Waals surface area contributed by atoms with Gasteiger partial charge in [0.05, 0.1) is 6.61 Å². The Kier molecular flexibility index (Phi) is 5.73. The van der Waals surface area contributed by atoms with Gasteiger partial charge in [-0.2, -0.15) is 4.98 Å². The molecular weight excluding hydrogens is 388 g/mol. The Morgan fingerprint density at radius 2 is 1.83 bits per heavy atom. The number of aryl methyl sites for hydroxylation is 4. The minimum Gasteiger partial charge on any atom is -0.461 e. The van der Waals surface area contributed by atoms with Crippen LogP contribution in [0.3, 0.4) is 0 Å². The summed E-state index contributed by atoms with van der Waals surface area (Å²) in [6.07, 6.45) is 0. The predicted octanol–water partition coefficient (Wildman–Crippen LogP) is 2.99. The Morgan fingerprint density at radius 3 is 2.43 bits per heavy atom. The van der Waals surface area contributed by atoms with E-state index in [1.807, 2.05) is 32.9 Å². The van der Waals surface area contributed by atoms with E-state index in [4.69, 9.17) is 9.26 Å². The molecule has 0 fully saturated rings. The van der Waals surface area contributed by atoms with Crippen molar-refractivity contribution in [1.29, 1.82) is 0 Å². The summed E-state index contributed by atoms with van der Waals surface area (Å²) in [4.78, 5) is 42.4. The van der Waals surface area contributed by atoms with E-state index in [1.165, 1.54) is 4.57 Å². The van der Waals surface area contributed by atoms with Crippen molar-refractivity contribution in [1.82, 2.24) is 14.7 Å². The second kappa shape index (κ2) is 8.10. The van der Waals surface area contributed by atoms with Crippen molar-refractivity contribution >= 4 is 28.7 Å². The number of aromatic nitrogens is 3. The summed E-state index contributed by atoms with van der Waals surface area (Å²) in [5.74, 6) is -0.904. The van der Waals surface area contributed by atoms with Crippen molar-refractivity contribution in [3.05, 3.63) is 50.7 Å². The largest absolute Gasteiger partial charge is 0.461 e. The van der Waals surface area contributed by atoms with Crippen LogP contribution in [0.2, 0.25) is 0 Å². The summed E-state index contributed by atoms with van der Waals surface area (Å²) in [5.41, 5.74) is 2.72. The molecule has 0 aliphatic rings. The highest BCUT2D eigenvalue weighted by Gasteiger charge is 2.27.